The van der Waals surface area contributed by atoms with E-state index in [4.69, 9.17) is 0 Å². The molecule has 2 aromatic carbocycles. The van der Waals surface area contributed by atoms with Crippen LogP contribution < -0.4 is 5.32 Å². The van der Waals surface area contributed by atoms with Crippen molar-refractivity contribution in [2.24, 2.45) is 0 Å². The van der Waals surface area contributed by atoms with E-state index in [2.05, 4.69) is 20.5 Å². The molecule has 0 bridgehead atoms. The molecule has 0 saturated heterocycles. The molecule has 0 aliphatic rings. The Morgan fingerprint density at radius 2 is 1.77 bits per heavy atom. The summed E-state index contributed by atoms with van der Waals surface area (Å²) < 4.78 is 3.67. The zero-order chi connectivity index (χ0) is 21.6. The number of rotatable bonds is 7. The number of benzene rings is 2. The first kappa shape index (κ1) is 20.3. The van der Waals surface area contributed by atoms with E-state index in [0.717, 1.165) is 33.8 Å². The first-order chi connectivity index (χ1) is 15.1. The fraction of sp³-hybridized carbons (Fsp3) is 0.167. The van der Waals surface area contributed by atoms with Gasteiger partial charge in [-0.3, -0.25) is 4.79 Å². The number of nitrogens with one attached hydrogen (secondary N) is 1. The van der Waals surface area contributed by atoms with Crippen LogP contribution in [0.15, 0.2) is 73.3 Å². The van der Waals surface area contributed by atoms with E-state index in [0.29, 0.717) is 13.1 Å². The highest BCUT2D eigenvalue weighted by Crippen LogP contribution is 2.19. The van der Waals surface area contributed by atoms with Crippen LogP contribution in [0.25, 0.3) is 11.8 Å². The summed E-state index contributed by atoms with van der Waals surface area (Å²) in [6.07, 6.45) is 6.60. The van der Waals surface area contributed by atoms with Crippen LogP contribution in [-0.2, 0) is 17.9 Å². The Morgan fingerprint density at radius 1 is 1.03 bits per heavy atom. The highest BCUT2D eigenvalue weighted by atomic mass is 16.1. The standard InChI is InChI=1S/C24H24N6O/c1-18-23(19(2)30(28-18)22-6-4-3-5-7-22)12-13-24(31)26-14-20-8-10-21(11-9-20)15-29-17-25-16-27-29/h3-13,16-17H,14-15H2,1-2H3,(H,26,31)/b13-12+. The quantitative estimate of drug-likeness (QED) is 0.472. The van der Waals surface area contributed by atoms with Gasteiger partial charge in [0.1, 0.15) is 12.7 Å². The molecule has 0 aliphatic heterocycles. The summed E-state index contributed by atoms with van der Waals surface area (Å²) in [5.74, 6) is -0.141. The molecule has 7 heteroatoms. The lowest BCUT2D eigenvalue weighted by Crippen LogP contribution is -2.20. The highest BCUT2D eigenvalue weighted by Gasteiger charge is 2.10. The van der Waals surface area contributed by atoms with E-state index in [1.807, 2.05) is 79.2 Å². The van der Waals surface area contributed by atoms with Gasteiger partial charge in [-0.2, -0.15) is 10.2 Å². The molecule has 1 amide bonds. The lowest BCUT2D eigenvalue weighted by molar-refractivity contribution is -0.116. The number of carbonyl (C=O) groups excluding carboxylic acids is 1. The third kappa shape index (κ3) is 4.95. The summed E-state index contributed by atoms with van der Waals surface area (Å²) >= 11 is 0. The molecule has 2 heterocycles. The first-order valence-electron chi connectivity index (χ1n) is 10.1. The molecule has 4 aromatic rings. The predicted molar refractivity (Wildman–Crippen MR) is 119 cm³/mol. The molecule has 0 saturated carbocycles. The molecule has 0 radical (unpaired) electrons. The van der Waals surface area contributed by atoms with Gasteiger partial charge in [-0.25, -0.2) is 14.3 Å². The van der Waals surface area contributed by atoms with Gasteiger partial charge >= 0.3 is 0 Å². The third-order valence-corrected chi connectivity index (χ3v) is 5.05. The second-order valence-corrected chi connectivity index (χ2v) is 7.29. The summed E-state index contributed by atoms with van der Waals surface area (Å²) in [4.78, 5) is 16.3. The molecule has 1 N–H and O–H groups in total. The van der Waals surface area contributed by atoms with E-state index in [1.54, 1.807) is 17.1 Å². The molecule has 0 atom stereocenters. The number of hydrogen-bond donors (Lipinski definition) is 1. The van der Waals surface area contributed by atoms with Crippen LogP contribution in [0.5, 0.6) is 0 Å². The maximum atomic E-state index is 12.3. The van der Waals surface area contributed by atoms with Crippen LogP contribution in [0.3, 0.4) is 0 Å². The molecular weight excluding hydrogens is 388 g/mol. The Morgan fingerprint density at radius 3 is 2.48 bits per heavy atom. The van der Waals surface area contributed by atoms with Crippen LogP contribution in [0.4, 0.5) is 0 Å². The molecule has 0 fully saturated rings. The molecular formula is C24H24N6O. The Kier molecular flexibility index (Phi) is 6.03. The average molecular weight is 412 g/mol. The molecule has 7 nitrogen and oxygen atoms in total. The maximum absolute atomic E-state index is 12.3. The normalized spacial score (nSPS) is 11.2. The van der Waals surface area contributed by atoms with Crippen molar-refractivity contribution in [2.75, 3.05) is 0 Å². The van der Waals surface area contributed by atoms with Gasteiger partial charge in [-0.05, 0) is 43.2 Å². The van der Waals surface area contributed by atoms with E-state index in [-0.39, 0.29) is 5.91 Å². The van der Waals surface area contributed by atoms with E-state index in [1.165, 1.54) is 6.33 Å². The van der Waals surface area contributed by atoms with Gasteiger partial charge in [0.25, 0.3) is 0 Å². The number of hydrogen-bond acceptors (Lipinski definition) is 4. The number of aryl methyl sites for hydroxylation is 1. The van der Waals surface area contributed by atoms with Crippen LogP contribution in [0.2, 0.25) is 0 Å². The second kappa shape index (κ2) is 9.21. The van der Waals surface area contributed by atoms with Crippen LogP contribution in [-0.4, -0.2) is 30.5 Å². The molecule has 0 unspecified atom stereocenters. The van der Waals surface area contributed by atoms with Crippen molar-refractivity contribution in [2.45, 2.75) is 26.9 Å². The summed E-state index contributed by atoms with van der Waals surface area (Å²) in [6.45, 7) is 5.09. The van der Waals surface area contributed by atoms with Crippen LogP contribution in [0.1, 0.15) is 28.1 Å². The van der Waals surface area contributed by atoms with E-state index in [9.17, 15) is 4.79 Å². The topological polar surface area (TPSA) is 77.6 Å². The lowest BCUT2D eigenvalue weighted by Gasteiger charge is -2.05. The van der Waals surface area contributed by atoms with Gasteiger partial charge in [0.2, 0.25) is 5.91 Å². The van der Waals surface area contributed by atoms with Crippen molar-refractivity contribution < 1.29 is 4.79 Å². The minimum absolute atomic E-state index is 0.141. The number of para-hydroxylation sites is 1. The van der Waals surface area contributed by atoms with Crippen molar-refractivity contribution in [1.82, 2.24) is 29.9 Å². The molecule has 31 heavy (non-hydrogen) atoms. The molecule has 0 spiro atoms. The Bertz CT molecular complexity index is 1180. The predicted octanol–water partition coefficient (Wildman–Crippen LogP) is 3.46. The van der Waals surface area contributed by atoms with Gasteiger partial charge in [-0.15, -0.1) is 0 Å². The van der Waals surface area contributed by atoms with Crippen molar-refractivity contribution >= 4 is 12.0 Å². The SMILES string of the molecule is Cc1nn(-c2ccccc2)c(C)c1/C=C/C(=O)NCc1ccc(Cn2cncn2)cc1. The maximum Gasteiger partial charge on any atom is 0.244 e. The van der Waals surface area contributed by atoms with E-state index < -0.39 is 0 Å². The van der Waals surface area contributed by atoms with E-state index >= 15 is 0 Å². The highest BCUT2D eigenvalue weighted by molar-refractivity contribution is 5.92. The molecule has 4 rings (SSSR count). The number of amides is 1. The minimum atomic E-state index is -0.141. The Labute approximate surface area is 181 Å². The van der Waals surface area contributed by atoms with Gasteiger partial charge in [0, 0.05) is 23.9 Å². The molecule has 2 aromatic heterocycles. The minimum Gasteiger partial charge on any atom is -0.348 e. The summed E-state index contributed by atoms with van der Waals surface area (Å²) in [5.41, 5.74) is 6.00. The molecule has 0 aliphatic carbocycles. The van der Waals surface area contributed by atoms with Gasteiger partial charge < -0.3 is 5.32 Å². The number of carbonyl (C=O) groups is 1. The van der Waals surface area contributed by atoms with Crippen molar-refractivity contribution in [1.29, 1.82) is 0 Å². The summed E-state index contributed by atoms with van der Waals surface area (Å²) in [5, 5.41) is 11.6. The average Bonchev–Trinajstić information content (AvgIpc) is 3.40. The van der Waals surface area contributed by atoms with Crippen LogP contribution in [0, 0.1) is 13.8 Å². The van der Waals surface area contributed by atoms with Gasteiger partial charge in [-0.1, -0.05) is 42.5 Å². The van der Waals surface area contributed by atoms with Crippen LogP contribution >= 0.6 is 0 Å². The van der Waals surface area contributed by atoms with Crippen molar-refractivity contribution in [3.63, 3.8) is 0 Å². The van der Waals surface area contributed by atoms with Crippen molar-refractivity contribution in [3.05, 3.63) is 101 Å². The fourth-order valence-corrected chi connectivity index (χ4v) is 3.39. The Balaban J connectivity index is 1.35. The Hall–Kier alpha value is -4.00. The summed E-state index contributed by atoms with van der Waals surface area (Å²) in [7, 11) is 0. The third-order valence-electron chi connectivity index (χ3n) is 5.05. The zero-order valence-electron chi connectivity index (χ0n) is 17.6. The van der Waals surface area contributed by atoms with Crippen molar-refractivity contribution in [3.8, 4) is 5.69 Å². The first-order valence-corrected chi connectivity index (χ1v) is 10.1. The second-order valence-electron chi connectivity index (χ2n) is 7.29. The largest absolute Gasteiger partial charge is 0.348 e. The number of nitrogens with zero attached hydrogens (tertiary/aromatic N) is 5. The monoisotopic (exact) mass is 412 g/mol. The lowest BCUT2D eigenvalue weighted by atomic mass is 10.1. The molecule has 156 valence electrons. The van der Waals surface area contributed by atoms with Gasteiger partial charge in [0.15, 0.2) is 0 Å². The summed E-state index contributed by atoms with van der Waals surface area (Å²) in [6, 6.07) is 18.0. The smallest absolute Gasteiger partial charge is 0.244 e. The van der Waals surface area contributed by atoms with Gasteiger partial charge in [0.05, 0.1) is 17.9 Å². The zero-order valence-corrected chi connectivity index (χ0v) is 17.6. The number of aromatic nitrogens is 5. The fourth-order valence-electron chi connectivity index (χ4n) is 3.39.